The number of carbonyl (C=O) groups excluding carboxylic acids is 2. The first-order valence-corrected chi connectivity index (χ1v) is 8.06. The van der Waals surface area contributed by atoms with E-state index < -0.39 is 0 Å². The molecular weight excluding hydrogens is 232 g/mol. The molecule has 96 valence electrons. The zero-order valence-corrected chi connectivity index (χ0v) is 11.3. The quantitative estimate of drug-likeness (QED) is 0.772. The summed E-state index contributed by atoms with van der Waals surface area (Å²) in [7, 11) is 0. The molecule has 3 heteroatoms. The maximum absolute atomic E-state index is 11.7. The predicted octanol–water partition coefficient (Wildman–Crippen LogP) is 3.24. The molecule has 0 aromatic carbocycles. The molecule has 17 heavy (non-hydrogen) atoms. The highest BCUT2D eigenvalue weighted by Gasteiger charge is 2.25. The van der Waals surface area contributed by atoms with E-state index in [2.05, 4.69) is 0 Å². The summed E-state index contributed by atoms with van der Waals surface area (Å²) >= 11 is 1.83. The van der Waals surface area contributed by atoms with Crippen molar-refractivity contribution in [3.8, 4) is 0 Å². The molecule has 0 aromatic rings. The lowest BCUT2D eigenvalue weighted by atomic mass is 9.89. The maximum atomic E-state index is 11.7. The summed E-state index contributed by atoms with van der Waals surface area (Å²) in [6.45, 7) is 0. The van der Waals surface area contributed by atoms with E-state index in [0.717, 1.165) is 50.0 Å². The lowest BCUT2D eigenvalue weighted by Gasteiger charge is -2.23. The average molecular weight is 254 g/mol. The second-order valence-corrected chi connectivity index (χ2v) is 6.43. The van der Waals surface area contributed by atoms with Gasteiger partial charge in [-0.25, -0.2) is 0 Å². The Kier molecular flexibility index (Phi) is 5.08. The van der Waals surface area contributed by atoms with Crippen LogP contribution in [0.25, 0.3) is 0 Å². The Hall–Kier alpha value is -0.310. The van der Waals surface area contributed by atoms with Gasteiger partial charge in [0.15, 0.2) is 0 Å². The van der Waals surface area contributed by atoms with Crippen LogP contribution in [-0.2, 0) is 9.59 Å². The Morgan fingerprint density at radius 2 is 1.29 bits per heavy atom. The van der Waals surface area contributed by atoms with Crippen LogP contribution >= 0.6 is 11.8 Å². The van der Waals surface area contributed by atoms with E-state index in [4.69, 9.17) is 0 Å². The van der Waals surface area contributed by atoms with Gasteiger partial charge in [-0.15, -0.1) is 0 Å². The van der Waals surface area contributed by atoms with Gasteiger partial charge in [0.2, 0.25) is 0 Å². The molecule has 2 unspecified atom stereocenters. The second-order valence-electron chi connectivity index (χ2n) is 5.36. The van der Waals surface area contributed by atoms with Crippen LogP contribution in [0.4, 0.5) is 0 Å². The molecule has 0 bridgehead atoms. The van der Waals surface area contributed by atoms with E-state index in [1.807, 2.05) is 11.8 Å². The Labute approximate surface area is 108 Å². The van der Waals surface area contributed by atoms with Crippen LogP contribution < -0.4 is 0 Å². The first kappa shape index (κ1) is 13.1. The molecule has 0 saturated heterocycles. The Balaban J connectivity index is 1.67. The third-order valence-electron chi connectivity index (χ3n) is 4.00. The fourth-order valence-electron chi connectivity index (χ4n) is 2.82. The molecule has 2 fully saturated rings. The number of Topliss-reactive ketones (excluding diaryl/α,β-unsaturated/α-hetero) is 2. The number of thioether (sulfide) groups is 1. The van der Waals surface area contributed by atoms with Gasteiger partial charge in [0.25, 0.3) is 0 Å². The number of rotatable bonds is 4. The molecule has 0 amide bonds. The average Bonchev–Trinajstić information content (AvgIpc) is 2.34. The minimum atomic E-state index is 0.285. The monoisotopic (exact) mass is 254 g/mol. The summed E-state index contributed by atoms with van der Waals surface area (Å²) < 4.78 is 0. The molecular formula is C14H22O2S. The second kappa shape index (κ2) is 6.58. The van der Waals surface area contributed by atoms with Crippen LogP contribution in [0, 0.1) is 11.8 Å². The SMILES string of the molecule is O=C1CCCCC1CSCC1CCCCC1=O. The van der Waals surface area contributed by atoms with Gasteiger partial charge in [0, 0.05) is 36.2 Å². The van der Waals surface area contributed by atoms with Crippen LogP contribution in [0.15, 0.2) is 0 Å². The lowest BCUT2D eigenvalue weighted by molar-refractivity contribution is -0.124. The number of ketones is 2. The Morgan fingerprint density at radius 3 is 1.71 bits per heavy atom. The van der Waals surface area contributed by atoms with Gasteiger partial charge < -0.3 is 0 Å². The van der Waals surface area contributed by atoms with Gasteiger partial charge in [-0.1, -0.05) is 12.8 Å². The van der Waals surface area contributed by atoms with E-state index in [1.54, 1.807) is 0 Å². The van der Waals surface area contributed by atoms with Gasteiger partial charge in [-0.3, -0.25) is 9.59 Å². The zero-order chi connectivity index (χ0) is 12.1. The number of hydrogen-bond acceptors (Lipinski definition) is 3. The molecule has 2 nitrogen and oxygen atoms in total. The maximum Gasteiger partial charge on any atom is 0.136 e. The first-order valence-electron chi connectivity index (χ1n) is 6.90. The summed E-state index contributed by atoms with van der Waals surface area (Å²) in [6.07, 6.45) is 8.30. The zero-order valence-electron chi connectivity index (χ0n) is 10.5. The predicted molar refractivity (Wildman–Crippen MR) is 71.3 cm³/mol. The van der Waals surface area contributed by atoms with Gasteiger partial charge >= 0.3 is 0 Å². The van der Waals surface area contributed by atoms with Crippen molar-refractivity contribution in [2.45, 2.75) is 51.4 Å². The van der Waals surface area contributed by atoms with Crippen LogP contribution in [-0.4, -0.2) is 23.1 Å². The van der Waals surface area contributed by atoms with Gasteiger partial charge in [0.05, 0.1) is 0 Å². The fourth-order valence-corrected chi connectivity index (χ4v) is 4.23. The molecule has 0 aliphatic heterocycles. The third kappa shape index (κ3) is 3.84. The molecule has 2 aliphatic rings. The summed E-state index contributed by atoms with van der Waals surface area (Å²) in [5, 5.41) is 0. The fraction of sp³-hybridized carbons (Fsp3) is 0.857. The highest BCUT2D eigenvalue weighted by atomic mass is 32.2. The first-order chi connectivity index (χ1) is 8.27. The largest absolute Gasteiger partial charge is 0.299 e. The molecule has 2 rings (SSSR count). The standard InChI is InChI=1S/C14H22O2S/c15-13-7-3-1-5-11(13)9-17-10-12-6-2-4-8-14(12)16/h11-12H,1-10H2. The molecule has 2 aliphatic carbocycles. The van der Waals surface area contributed by atoms with Crippen LogP contribution in [0.2, 0.25) is 0 Å². The van der Waals surface area contributed by atoms with Crippen molar-refractivity contribution < 1.29 is 9.59 Å². The lowest BCUT2D eigenvalue weighted by Crippen LogP contribution is -2.24. The van der Waals surface area contributed by atoms with E-state index >= 15 is 0 Å². The summed E-state index contributed by atoms with van der Waals surface area (Å²) in [5.41, 5.74) is 0. The van der Waals surface area contributed by atoms with Crippen molar-refractivity contribution in [3.63, 3.8) is 0 Å². The number of carbonyl (C=O) groups is 2. The Morgan fingerprint density at radius 1 is 0.824 bits per heavy atom. The molecule has 0 aromatic heterocycles. The van der Waals surface area contributed by atoms with E-state index in [1.165, 1.54) is 12.8 Å². The van der Waals surface area contributed by atoms with Crippen molar-refractivity contribution in [2.75, 3.05) is 11.5 Å². The summed E-state index contributed by atoms with van der Waals surface area (Å²) in [4.78, 5) is 23.3. The van der Waals surface area contributed by atoms with Crippen LogP contribution in [0.3, 0.4) is 0 Å². The van der Waals surface area contributed by atoms with Crippen molar-refractivity contribution in [3.05, 3.63) is 0 Å². The molecule has 0 N–H and O–H groups in total. The van der Waals surface area contributed by atoms with Gasteiger partial charge in [-0.2, -0.15) is 11.8 Å². The summed E-state index contributed by atoms with van der Waals surface area (Å²) in [6, 6.07) is 0. The molecule has 2 saturated carbocycles. The van der Waals surface area contributed by atoms with Crippen molar-refractivity contribution in [2.24, 2.45) is 11.8 Å². The van der Waals surface area contributed by atoms with Gasteiger partial charge in [0.1, 0.15) is 11.6 Å². The smallest absolute Gasteiger partial charge is 0.136 e. The highest BCUT2D eigenvalue weighted by Crippen LogP contribution is 2.28. The van der Waals surface area contributed by atoms with Crippen LogP contribution in [0.1, 0.15) is 51.4 Å². The van der Waals surface area contributed by atoms with E-state index in [-0.39, 0.29) is 11.8 Å². The van der Waals surface area contributed by atoms with E-state index in [9.17, 15) is 9.59 Å². The highest BCUT2D eigenvalue weighted by molar-refractivity contribution is 7.99. The van der Waals surface area contributed by atoms with Crippen LogP contribution in [0.5, 0.6) is 0 Å². The van der Waals surface area contributed by atoms with E-state index in [0.29, 0.717) is 11.6 Å². The van der Waals surface area contributed by atoms with Gasteiger partial charge in [-0.05, 0) is 25.7 Å². The van der Waals surface area contributed by atoms with Crippen molar-refractivity contribution in [1.29, 1.82) is 0 Å². The topological polar surface area (TPSA) is 34.1 Å². The minimum Gasteiger partial charge on any atom is -0.299 e. The van der Waals surface area contributed by atoms with Crippen molar-refractivity contribution in [1.82, 2.24) is 0 Å². The minimum absolute atomic E-state index is 0.285. The molecule has 0 spiro atoms. The molecule has 0 radical (unpaired) electrons. The Bertz CT molecular complexity index is 260. The van der Waals surface area contributed by atoms with Crippen molar-refractivity contribution >= 4 is 23.3 Å². The number of hydrogen-bond donors (Lipinski definition) is 0. The normalized spacial score (nSPS) is 30.6. The molecule has 2 atom stereocenters. The third-order valence-corrected chi connectivity index (χ3v) is 5.28. The summed E-state index contributed by atoms with van der Waals surface area (Å²) in [5.74, 6) is 3.38. The molecule has 0 heterocycles.